The molecule has 58 valence electrons. The van der Waals surface area contributed by atoms with E-state index in [1.165, 1.54) is 5.57 Å². The fourth-order valence-electron chi connectivity index (χ4n) is 1.02. The number of hydrogen-bond donors (Lipinski definition) is 1. The van der Waals surface area contributed by atoms with Crippen molar-refractivity contribution in [3.63, 3.8) is 0 Å². The summed E-state index contributed by atoms with van der Waals surface area (Å²) in [5, 5.41) is 0. The van der Waals surface area contributed by atoms with Gasteiger partial charge in [0.05, 0.1) is 0 Å². The molecule has 0 radical (unpaired) electrons. The summed E-state index contributed by atoms with van der Waals surface area (Å²) >= 11 is 0. The van der Waals surface area contributed by atoms with Crippen molar-refractivity contribution in [3.8, 4) is 11.8 Å². The molecule has 1 aliphatic rings. The lowest BCUT2D eigenvalue weighted by Gasteiger charge is -1.98. The molecule has 0 saturated carbocycles. The zero-order valence-electron chi connectivity index (χ0n) is 6.64. The lowest BCUT2D eigenvalue weighted by atomic mass is 10.1. The van der Waals surface area contributed by atoms with E-state index >= 15 is 0 Å². The van der Waals surface area contributed by atoms with E-state index in [1.807, 2.05) is 0 Å². The Bertz CT molecular complexity index is 225. The van der Waals surface area contributed by atoms with Crippen LogP contribution in [-0.2, 0) is 0 Å². The second-order valence-electron chi connectivity index (χ2n) is 2.48. The van der Waals surface area contributed by atoms with Gasteiger partial charge in [-0.15, -0.1) is 0 Å². The maximum Gasteiger partial charge on any atom is 0.0275 e. The van der Waals surface area contributed by atoms with Gasteiger partial charge in [-0.25, -0.2) is 0 Å². The van der Waals surface area contributed by atoms with Crippen LogP contribution in [0.2, 0.25) is 0 Å². The molecule has 1 aliphatic carbocycles. The Hall–Kier alpha value is -1.00. The quantitative estimate of drug-likeness (QED) is 0.590. The average Bonchev–Trinajstić information content (AvgIpc) is 1.94. The zero-order valence-corrected chi connectivity index (χ0v) is 6.64. The van der Waals surface area contributed by atoms with Gasteiger partial charge in [0.1, 0.15) is 0 Å². The van der Waals surface area contributed by atoms with Crippen molar-refractivity contribution < 1.29 is 0 Å². The first-order valence-electron chi connectivity index (χ1n) is 3.95. The predicted octanol–water partition coefficient (Wildman–Crippen LogP) is 1.62. The Morgan fingerprint density at radius 1 is 1.36 bits per heavy atom. The van der Waals surface area contributed by atoms with Gasteiger partial charge >= 0.3 is 0 Å². The summed E-state index contributed by atoms with van der Waals surface area (Å²) in [6, 6.07) is 0. The smallest absolute Gasteiger partial charge is 0.0275 e. The molecular weight excluding hydrogens is 134 g/mol. The third-order valence-corrected chi connectivity index (χ3v) is 1.58. The summed E-state index contributed by atoms with van der Waals surface area (Å²) in [6.07, 6.45) is 9.09. The Morgan fingerprint density at radius 2 is 2.18 bits per heavy atom. The van der Waals surface area contributed by atoms with Gasteiger partial charge in [-0.3, -0.25) is 0 Å². The molecule has 0 spiro atoms. The van der Waals surface area contributed by atoms with Crippen LogP contribution in [0.3, 0.4) is 0 Å². The molecular formula is C10H13N. The van der Waals surface area contributed by atoms with E-state index in [1.54, 1.807) is 0 Å². The maximum absolute atomic E-state index is 5.44. The van der Waals surface area contributed by atoms with E-state index in [4.69, 9.17) is 5.73 Å². The summed E-state index contributed by atoms with van der Waals surface area (Å²) in [5.74, 6) is 6.09. The summed E-state index contributed by atoms with van der Waals surface area (Å²) in [4.78, 5) is 0. The Balaban J connectivity index is 2.57. The third-order valence-electron chi connectivity index (χ3n) is 1.58. The highest BCUT2D eigenvalue weighted by Gasteiger charge is 1.90. The van der Waals surface area contributed by atoms with Gasteiger partial charge in [0.15, 0.2) is 0 Å². The summed E-state index contributed by atoms with van der Waals surface area (Å²) in [6.45, 7) is 0.726. The molecule has 0 aromatic heterocycles. The molecule has 0 amide bonds. The molecule has 0 atom stereocenters. The minimum absolute atomic E-state index is 0.726. The van der Waals surface area contributed by atoms with E-state index < -0.39 is 0 Å². The van der Waals surface area contributed by atoms with E-state index in [0.29, 0.717) is 0 Å². The van der Waals surface area contributed by atoms with Crippen LogP contribution in [0.25, 0.3) is 0 Å². The standard InChI is InChI=1S/C10H13N/c11-9-8-10-6-4-2-1-3-5-7-10/h4,6-7H,2,5,8-9,11H2/b6-4-,10-7+. The van der Waals surface area contributed by atoms with Crippen LogP contribution in [0.4, 0.5) is 0 Å². The minimum Gasteiger partial charge on any atom is -0.330 e. The maximum atomic E-state index is 5.44. The van der Waals surface area contributed by atoms with Crippen LogP contribution < -0.4 is 5.73 Å². The molecule has 0 aromatic carbocycles. The number of rotatable bonds is 2. The first-order valence-corrected chi connectivity index (χ1v) is 3.95. The molecule has 0 unspecified atom stereocenters. The van der Waals surface area contributed by atoms with Crippen molar-refractivity contribution in [3.05, 3.63) is 23.8 Å². The normalized spacial score (nSPS) is 23.5. The first kappa shape index (κ1) is 8.10. The SMILES string of the molecule is NCCC1=C/CC#CC/C=C\1. The van der Waals surface area contributed by atoms with Crippen molar-refractivity contribution in [1.82, 2.24) is 0 Å². The van der Waals surface area contributed by atoms with Gasteiger partial charge < -0.3 is 5.73 Å². The topological polar surface area (TPSA) is 26.0 Å². The highest BCUT2D eigenvalue weighted by atomic mass is 14.5. The van der Waals surface area contributed by atoms with Gasteiger partial charge in [-0.05, 0) is 13.0 Å². The number of allylic oxidation sites excluding steroid dienone is 3. The summed E-state index contributed by atoms with van der Waals surface area (Å²) in [7, 11) is 0. The minimum atomic E-state index is 0.726. The van der Waals surface area contributed by atoms with E-state index in [9.17, 15) is 0 Å². The lowest BCUT2D eigenvalue weighted by Crippen LogP contribution is -1.99. The molecule has 0 bridgehead atoms. The first-order chi connectivity index (χ1) is 5.43. The van der Waals surface area contributed by atoms with Crippen molar-refractivity contribution in [2.75, 3.05) is 6.54 Å². The van der Waals surface area contributed by atoms with Crippen LogP contribution >= 0.6 is 0 Å². The van der Waals surface area contributed by atoms with Gasteiger partial charge in [-0.1, -0.05) is 35.6 Å². The van der Waals surface area contributed by atoms with Crippen molar-refractivity contribution >= 4 is 0 Å². The highest BCUT2D eigenvalue weighted by molar-refractivity contribution is 5.25. The zero-order chi connectivity index (χ0) is 7.94. The third kappa shape index (κ3) is 3.06. The lowest BCUT2D eigenvalue weighted by molar-refractivity contribution is 0.966. The van der Waals surface area contributed by atoms with Crippen LogP contribution in [-0.4, -0.2) is 6.54 Å². The van der Waals surface area contributed by atoms with Crippen molar-refractivity contribution in [2.24, 2.45) is 5.73 Å². The largest absolute Gasteiger partial charge is 0.330 e. The second kappa shape index (κ2) is 4.76. The van der Waals surface area contributed by atoms with Crippen LogP contribution in [0, 0.1) is 11.8 Å². The fourth-order valence-corrected chi connectivity index (χ4v) is 1.02. The molecule has 2 N–H and O–H groups in total. The molecule has 1 nitrogen and oxygen atoms in total. The van der Waals surface area contributed by atoms with Gasteiger partial charge in [0.25, 0.3) is 0 Å². The average molecular weight is 147 g/mol. The van der Waals surface area contributed by atoms with Crippen LogP contribution in [0.5, 0.6) is 0 Å². The van der Waals surface area contributed by atoms with Gasteiger partial charge in [0, 0.05) is 12.8 Å². The number of hydrogen-bond acceptors (Lipinski definition) is 1. The second-order valence-corrected chi connectivity index (χ2v) is 2.48. The van der Waals surface area contributed by atoms with Gasteiger partial charge in [-0.2, -0.15) is 0 Å². The van der Waals surface area contributed by atoms with Crippen LogP contribution in [0.1, 0.15) is 19.3 Å². The van der Waals surface area contributed by atoms with E-state index in [2.05, 4.69) is 30.1 Å². The molecule has 0 aromatic rings. The Kier molecular flexibility index (Phi) is 3.51. The van der Waals surface area contributed by atoms with E-state index in [0.717, 1.165) is 25.8 Å². The fraction of sp³-hybridized carbons (Fsp3) is 0.400. The van der Waals surface area contributed by atoms with E-state index in [-0.39, 0.29) is 0 Å². The Morgan fingerprint density at radius 3 is 3.00 bits per heavy atom. The molecule has 0 saturated heterocycles. The van der Waals surface area contributed by atoms with Crippen LogP contribution in [0.15, 0.2) is 23.8 Å². The molecule has 0 fully saturated rings. The molecule has 1 heteroatoms. The predicted molar refractivity (Wildman–Crippen MR) is 47.9 cm³/mol. The molecule has 0 heterocycles. The van der Waals surface area contributed by atoms with Crippen molar-refractivity contribution in [1.29, 1.82) is 0 Å². The summed E-state index contributed by atoms with van der Waals surface area (Å²) < 4.78 is 0. The highest BCUT2D eigenvalue weighted by Crippen LogP contribution is 2.05. The molecule has 1 rings (SSSR count). The molecule has 0 aliphatic heterocycles. The monoisotopic (exact) mass is 147 g/mol. The number of nitrogens with two attached hydrogens (primary N) is 1. The van der Waals surface area contributed by atoms with Gasteiger partial charge in [0.2, 0.25) is 0 Å². The Labute approximate surface area is 68.0 Å². The van der Waals surface area contributed by atoms with Crippen molar-refractivity contribution in [2.45, 2.75) is 19.3 Å². The summed E-state index contributed by atoms with van der Waals surface area (Å²) in [5.41, 5.74) is 6.76. The molecule has 11 heavy (non-hydrogen) atoms.